The normalized spacial score (nSPS) is 17.4. The fourth-order valence-electron chi connectivity index (χ4n) is 6.67. The lowest BCUT2D eigenvalue weighted by atomic mass is 9.90. The van der Waals surface area contributed by atoms with Crippen LogP contribution in [0.25, 0.3) is 11.3 Å². The number of hydrogen-bond acceptors (Lipinski definition) is 6. The summed E-state index contributed by atoms with van der Waals surface area (Å²) < 4.78 is 11.2. The van der Waals surface area contributed by atoms with Gasteiger partial charge in [-0.2, -0.15) is 5.10 Å². The van der Waals surface area contributed by atoms with Crippen molar-refractivity contribution in [3.05, 3.63) is 75.1 Å². The number of hydrogen-bond donors (Lipinski definition) is 1. The minimum atomic E-state index is -0.242. The lowest BCUT2D eigenvalue weighted by Gasteiger charge is -2.32. The van der Waals surface area contributed by atoms with Gasteiger partial charge in [0, 0.05) is 49.3 Å². The Morgan fingerprint density at radius 1 is 1.10 bits per heavy atom. The van der Waals surface area contributed by atoms with E-state index in [1.807, 2.05) is 33.8 Å². The molecule has 2 aliphatic heterocycles. The number of nitrogens with one attached hydrogen (secondary N) is 1. The van der Waals surface area contributed by atoms with Gasteiger partial charge in [-0.15, -0.1) is 0 Å². The molecular weight excluding hydrogens is 518 g/mol. The van der Waals surface area contributed by atoms with E-state index in [-0.39, 0.29) is 22.7 Å². The third kappa shape index (κ3) is 4.28. The Bertz CT molecular complexity index is 1740. The molecule has 4 aromatic rings. The van der Waals surface area contributed by atoms with Crippen LogP contribution in [0.2, 0.25) is 0 Å². The molecule has 0 bridgehead atoms. The molecule has 1 aromatic carbocycles. The fraction of sp³-hybridized carbons (Fsp3) is 0.419. The average molecular weight is 554 g/mol. The maximum Gasteiger partial charge on any atom is 0.293 e. The molecule has 0 saturated heterocycles. The van der Waals surface area contributed by atoms with Crippen LogP contribution in [-0.4, -0.2) is 43.0 Å². The standard InChI is InChI=1S/C31H35N7O3/c1-5-21-22(23-17-35(4)30(40)28(32-23)33-27-14-20-18-41-12-11-38(20)34-27)7-6-8-24(21)37-10-9-36-25(29(37)39)13-19-15-31(2,3)16-26(19)36/h6-8,13-14,17H,5,9-12,15-16,18H2,1-4H3,(H,32,33,34). The highest BCUT2D eigenvalue weighted by Crippen LogP contribution is 2.40. The highest BCUT2D eigenvalue weighted by Gasteiger charge is 2.37. The van der Waals surface area contributed by atoms with Gasteiger partial charge in [0.05, 0.1) is 31.1 Å². The van der Waals surface area contributed by atoms with Crippen LogP contribution < -0.4 is 15.8 Å². The molecule has 0 fully saturated rings. The molecule has 3 aliphatic rings. The van der Waals surface area contributed by atoms with Crippen LogP contribution in [0.4, 0.5) is 17.3 Å². The molecule has 7 rings (SSSR count). The van der Waals surface area contributed by atoms with Gasteiger partial charge >= 0.3 is 0 Å². The van der Waals surface area contributed by atoms with Crippen LogP contribution in [0, 0.1) is 5.41 Å². The highest BCUT2D eigenvalue weighted by atomic mass is 16.5. The maximum atomic E-state index is 13.9. The summed E-state index contributed by atoms with van der Waals surface area (Å²) in [5, 5.41) is 7.71. The smallest absolute Gasteiger partial charge is 0.293 e. The molecular formula is C31H35N7O3. The molecule has 0 unspecified atom stereocenters. The number of rotatable bonds is 5. The molecule has 3 aromatic heterocycles. The van der Waals surface area contributed by atoms with E-state index in [0.717, 1.165) is 47.6 Å². The van der Waals surface area contributed by atoms with Gasteiger partial charge in [0.1, 0.15) is 5.69 Å². The molecule has 1 N–H and O–H groups in total. The van der Waals surface area contributed by atoms with Gasteiger partial charge in [-0.25, -0.2) is 4.98 Å². The summed E-state index contributed by atoms with van der Waals surface area (Å²) in [6.45, 7) is 9.87. The highest BCUT2D eigenvalue weighted by molar-refractivity contribution is 6.07. The van der Waals surface area contributed by atoms with Crippen LogP contribution in [0.15, 0.2) is 41.3 Å². The number of aryl methyl sites for hydroxylation is 1. The Morgan fingerprint density at radius 2 is 1.95 bits per heavy atom. The molecule has 0 atom stereocenters. The number of nitrogens with zero attached hydrogens (tertiary/aromatic N) is 6. The van der Waals surface area contributed by atoms with E-state index in [4.69, 9.17) is 9.72 Å². The van der Waals surface area contributed by atoms with Crippen molar-refractivity contribution in [1.82, 2.24) is 23.9 Å². The quantitative estimate of drug-likeness (QED) is 0.400. The number of ether oxygens (including phenoxy) is 1. The van der Waals surface area contributed by atoms with Crippen molar-refractivity contribution < 1.29 is 9.53 Å². The molecule has 0 radical (unpaired) electrons. The monoisotopic (exact) mass is 553 g/mol. The summed E-state index contributed by atoms with van der Waals surface area (Å²) in [5.41, 5.74) is 7.87. The second-order valence-corrected chi connectivity index (χ2v) is 12.1. The summed E-state index contributed by atoms with van der Waals surface area (Å²) in [6.07, 6.45) is 4.49. The molecule has 41 heavy (non-hydrogen) atoms. The molecule has 10 nitrogen and oxygen atoms in total. The van der Waals surface area contributed by atoms with Gasteiger partial charge in [-0.05, 0) is 47.9 Å². The zero-order valence-electron chi connectivity index (χ0n) is 24.0. The summed E-state index contributed by atoms with van der Waals surface area (Å²) in [4.78, 5) is 33.6. The lowest BCUT2D eigenvalue weighted by Crippen LogP contribution is -2.41. The Labute approximate surface area is 238 Å². The minimum absolute atomic E-state index is 0.0406. The van der Waals surface area contributed by atoms with Crippen LogP contribution in [0.3, 0.4) is 0 Å². The van der Waals surface area contributed by atoms with E-state index in [9.17, 15) is 9.59 Å². The van der Waals surface area contributed by atoms with E-state index in [2.05, 4.69) is 41.8 Å². The number of aromatic nitrogens is 5. The molecule has 10 heteroatoms. The molecule has 1 aliphatic carbocycles. The van der Waals surface area contributed by atoms with Crippen molar-refractivity contribution in [2.24, 2.45) is 12.5 Å². The number of amides is 1. The number of fused-ring (bicyclic) bond motifs is 4. The SMILES string of the molecule is CCc1c(-c2cn(C)c(=O)c(Nc3cc4n(n3)CCOC4)n2)cccc1N1CCn2c(cc3c2CC(C)(C)C3)C1=O. The molecule has 1 amide bonds. The Kier molecular flexibility index (Phi) is 5.93. The van der Waals surface area contributed by atoms with Gasteiger partial charge in [0.25, 0.3) is 11.5 Å². The molecule has 0 spiro atoms. The van der Waals surface area contributed by atoms with Crippen molar-refractivity contribution in [1.29, 1.82) is 0 Å². The number of carbonyl (C=O) groups excluding carboxylic acids is 1. The van der Waals surface area contributed by atoms with Gasteiger partial charge in [-0.1, -0.05) is 32.9 Å². The van der Waals surface area contributed by atoms with Crippen molar-refractivity contribution in [3.8, 4) is 11.3 Å². The zero-order valence-corrected chi connectivity index (χ0v) is 24.0. The third-order valence-corrected chi connectivity index (χ3v) is 8.57. The maximum absolute atomic E-state index is 13.9. The summed E-state index contributed by atoms with van der Waals surface area (Å²) in [5.74, 6) is 0.811. The Hall–Kier alpha value is -4.18. The van der Waals surface area contributed by atoms with E-state index < -0.39 is 0 Å². The topological polar surface area (TPSA) is 99.2 Å². The lowest BCUT2D eigenvalue weighted by molar-refractivity contribution is 0.0801. The van der Waals surface area contributed by atoms with Crippen molar-refractivity contribution in [2.45, 2.75) is 59.7 Å². The van der Waals surface area contributed by atoms with Crippen molar-refractivity contribution in [3.63, 3.8) is 0 Å². The zero-order chi connectivity index (χ0) is 28.5. The minimum Gasteiger partial charge on any atom is -0.373 e. The Morgan fingerprint density at radius 3 is 2.76 bits per heavy atom. The van der Waals surface area contributed by atoms with Crippen LogP contribution >= 0.6 is 0 Å². The first-order valence-corrected chi connectivity index (χ1v) is 14.4. The predicted octanol–water partition coefficient (Wildman–Crippen LogP) is 4.07. The van der Waals surface area contributed by atoms with Gasteiger partial charge in [-0.3, -0.25) is 14.3 Å². The first-order valence-electron chi connectivity index (χ1n) is 14.4. The van der Waals surface area contributed by atoms with Crippen molar-refractivity contribution >= 4 is 23.2 Å². The van der Waals surface area contributed by atoms with E-state index >= 15 is 0 Å². The third-order valence-electron chi connectivity index (χ3n) is 8.57. The van der Waals surface area contributed by atoms with E-state index in [0.29, 0.717) is 44.2 Å². The molecule has 212 valence electrons. The van der Waals surface area contributed by atoms with Gasteiger partial charge in [0.15, 0.2) is 11.6 Å². The van der Waals surface area contributed by atoms with Gasteiger partial charge in [0.2, 0.25) is 0 Å². The molecule has 0 saturated carbocycles. The van der Waals surface area contributed by atoms with Gasteiger partial charge < -0.3 is 24.1 Å². The second-order valence-electron chi connectivity index (χ2n) is 12.1. The van der Waals surface area contributed by atoms with Crippen molar-refractivity contribution in [2.75, 3.05) is 23.4 Å². The van der Waals surface area contributed by atoms with E-state index in [1.165, 1.54) is 15.8 Å². The summed E-state index contributed by atoms with van der Waals surface area (Å²) in [6, 6.07) is 10.0. The Balaban J connectivity index is 1.24. The number of benzene rings is 1. The largest absolute Gasteiger partial charge is 0.373 e. The second kappa shape index (κ2) is 9.44. The van der Waals surface area contributed by atoms with Crippen LogP contribution in [0.1, 0.15) is 53.8 Å². The number of carbonyl (C=O) groups is 1. The van der Waals surface area contributed by atoms with Crippen LogP contribution in [0.5, 0.6) is 0 Å². The average Bonchev–Trinajstić information content (AvgIpc) is 3.60. The summed E-state index contributed by atoms with van der Waals surface area (Å²) in [7, 11) is 1.73. The molecule has 5 heterocycles. The first kappa shape index (κ1) is 25.8. The predicted molar refractivity (Wildman–Crippen MR) is 157 cm³/mol. The first-order chi connectivity index (χ1) is 19.7. The van der Waals surface area contributed by atoms with Crippen LogP contribution in [-0.2, 0) is 50.7 Å². The summed E-state index contributed by atoms with van der Waals surface area (Å²) >= 11 is 0. The fourth-order valence-corrected chi connectivity index (χ4v) is 6.67. The van der Waals surface area contributed by atoms with E-state index in [1.54, 1.807) is 13.2 Å². The number of anilines is 3.